The number of pyridine rings is 1. The maximum Gasteiger partial charge on any atom is 0.0453 e. The van der Waals surface area contributed by atoms with E-state index in [0.717, 1.165) is 30.1 Å². The standard InChI is InChI=1S/C14H14Cl2N2/c15-13-4-3-12(14(16)8-13)5-7-18-10-11-2-1-6-17-9-11/h1-4,6,8-9,18H,5,7,10H2. The fourth-order valence-electron chi connectivity index (χ4n) is 1.68. The van der Waals surface area contributed by atoms with Crippen LogP contribution in [0.2, 0.25) is 10.0 Å². The molecular weight excluding hydrogens is 267 g/mol. The second-order valence-corrected chi connectivity index (χ2v) is 4.87. The lowest BCUT2D eigenvalue weighted by Gasteiger charge is -2.06. The Bertz CT molecular complexity index is 500. The van der Waals surface area contributed by atoms with Crippen molar-refractivity contribution in [2.75, 3.05) is 6.54 Å². The molecule has 0 atom stereocenters. The van der Waals surface area contributed by atoms with Crippen LogP contribution in [0.15, 0.2) is 42.7 Å². The van der Waals surface area contributed by atoms with Crippen molar-refractivity contribution in [3.05, 3.63) is 63.9 Å². The Hall–Kier alpha value is -1.09. The SMILES string of the molecule is Clc1ccc(CCNCc2cccnc2)c(Cl)c1. The molecule has 1 N–H and O–H groups in total. The van der Waals surface area contributed by atoms with Gasteiger partial charge in [0.05, 0.1) is 0 Å². The molecule has 1 heterocycles. The van der Waals surface area contributed by atoms with Gasteiger partial charge in [0.15, 0.2) is 0 Å². The lowest BCUT2D eigenvalue weighted by molar-refractivity contribution is 0.685. The van der Waals surface area contributed by atoms with Gasteiger partial charge in [-0.2, -0.15) is 0 Å². The molecule has 0 radical (unpaired) electrons. The van der Waals surface area contributed by atoms with E-state index in [1.807, 2.05) is 24.4 Å². The highest BCUT2D eigenvalue weighted by Gasteiger charge is 2.00. The summed E-state index contributed by atoms with van der Waals surface area (Å²) in [6, 6.07) is 9.60. The molecular formula is C14H14Cl2N2. The minimum absolute atomic E-state index is 0.673. The molecule has 1 aromatic carbocycles. The Morgan fingerprint density at radius 3 is 2.78 bits per heavy atom. The number of rotatable bonds is 5. The summed E-state index contributed by atoms with van der Waals surface area (Å²) < 4.78 is 0. The zero-order valence-electron chi connectivity index (χ0n) is 9.87. The lowest BCUT2D eigenvalue weighted by atomic mass is 10.1. The minimum Gasteiger partial charge on any atom is -0.312 e. The van der Waals surface area contributed by atoms with Crippen molar-refractivity contribution in [1.82, 2.24) is 10.3 Å². The van der Waals surface area contributed by atoms with Crippen molar-refractivity contribution in [2.45, 2.75) is 13.0 Å². The van der Waals surface area contributed by atoms with Crippen molar-refractivity contribution in [2.24, 2.45) is 0 Å². The maximum atomic E-state index is 6.10. The van der Waals surface area contributed by atoms with Gasteiger partial charge in [-0.05, 0) is 42.3 Å². The first-order valence-corrected chi connectivity index (χ1v) is 6.55. The van der Waals surface area contributed by atoms with Crippen molar-refractivity contribution in [3.8, 4) is 0 Å². The van der Waals surface area contributed by atoms with E-state index in [4.69, 9.17) is 23.2 Å². The van der Waals surface area contributed by atoms with E-state index in [1.165, 1.54) is 5.56 Å². The van der Waals surface area contributed by atoms with E-state index < -0.39 is 0 Å². The van der Waals surface area contributed by atoms with E-state index in [-0.39, 0.29) is 0 Å². The highest BCUT2D eigenvalue weighted by molar-refractivity contribution is 6.35. The number of nitrogens with one attached hydrogen (secondary N) is 1. The van der Waals surface area contributed by atoms with Crippen LogP contribution >= 0.6 is 23.2 Å². The topological polar surface area (TPSA) is 24.9 Å². The van der Waals surface area contributed by atoms with E-state index in [9.17, 15) is 0 Å². The summed E-state index contributed by atoms with van der Waals surface area (Å²) in [5.41, 5.74) is 2.29. The molecule has 0 bridgehead atoms. The Balaban J connectivity index is 1.79. The van der Waals surface area contributed by atoms with Crippen LogP contribution in [0.3, 0.4) is 0 Å². The van der Waals surface area contributed by atoms with Gasteiger partial charge in [-0.25, -0.2) is 0 Å². The molecule has 0 aliphatic carbocycles. The molecule has 18 heavy (non-hydrogen) atoms. The van der Waals surface area contributed by atoms with Gasteiger partial charge in [0.2, 0.25) is 0 Å². The summed E-state index contributed by atoms with van der Waals surface area (Å²) in [4.78, 5) is 4.07. The average molecular weight is 281 g/mol. The average Bonchev–Trinajstić information content (AvgIpc) is 2.38. The summed E-state index contributed by atoms with van der Waals surface area (Å²) in [6.07, 6.45) is 4.52. The number of benzene rings is 1. The molecule has 0 fully saturated rings. The molecule has 0 saturated carbocycles. The molecule has 0 aliphatic heterocycles. The molecule has 0 amide bonds. The molecule has 4 heteroatoms. The number of hydrogen-bond donors (Lipinski definition) is 1. The third kappa shape index (κ3) is 3.98. The predicted molar refractivity (Wildman–Crippen MR) is 76.1 cm³/mol. The monoisotopic (exact) mass is 280 g/mol. The van der Waals surface area contributed by atoms with Crippen LogP contribution in [0.5, 0.6) is 0 Å². The Labute approximate surface area is 117 Å². The van der Waals surface area contributed by atoms with Gasteiger partial charge in [-0.3, -0.25) is 4.98 Å². The van der Waals surface area contributed by atoms with Crippen LogP contribution < -0.4 is 5.32 Å². The van der Waals surface area contributed by atoms with Crippen LogP contribution in [0, 0.1) is 0 Å². The quantitative estimate of drug-likeness (QED) is 0.845. The van der Waals surface area contributed by atoms with E-state index in [2.05, 4.69) is 16.4 Å². The number of aromatic nitrogens is 1. The highest BCUT2D eigenvalue weighted by Crippen LogP contribution is 2.21. The molecule has 0 aliphatic rings. The smallest absolute Gasteiger partial charge is 0.0453 e. The second-order valence-electron chi connectivity index (χ2n) is 4.02. The normalized spacial score (nSPS) is 10.6. The largest absolute Gasteiger partial charge is 0.312 e. The van der Waals surface area contributed by atoms with Gasteiger partial charge >= 0.3 is 0 Å². The van der Waals surface area contributed by atoms with Crippen LogP contribution in [0.25, 0.3) is 0 Å². The number of nitrogens with zero attached hydrogens (tertiary/aromatic N) is 1. The van der Waals surface area contributed by atoms with Crippen LogP contribution in [0.1, 0.15) is 11.1 Å². The Morgan fingerprint density at radius 2 is 2.06 bits per heavy atom. The van der Waals surface area contributed by atoms with Gasteiger partial charge in [0, 0.05) is 29.0 Å². The third-order valence-electron chi connectivity index (χ3n) is 2.64. The lowest BCUT2D eigenvalue weighted by Crippen LogP contribution is -2.16. The summed E-state index contributed by atoms with van der Waals surface area (Å²) in [6.45, 7) is 1.69. The van der Waals surface area contributed by atoms with Crippen LogP contribution in [0.4, 0.5) is 0 Å². The maximum absolute atomic E-state index is 6.10. The van der Waals surface area contributed by atoms with Crippen molar-refractivity contribution >= 4 is 23.2 Å². The van der Waals surface area contributed by atoms with E-state index in [0.29, 0.717) is 5.02 Å². The molecule has 0 spiro atoms. The summed E-state index contributed by atoms with van der Waals surface area (Å²) >= 11 is 12.0. The molecule has 94 valence electrons. The zero-order valence-corrected chi connectivity index (χ0v) is 11.4. The van der Waals surface area contributed by atoms with Crippen LogP contribution in [-0.2, 0) is 13.0 Å². The molecule has 0 unspecified atom stereocenters. The molecule has 2 rings (SSSR count). The highest BCUT2D eigenvalue weighted by atomic mass is 35.5. The van der Waals surface area contributed by atoms with Crippen molar-refractivity contribution in [1.29, 1.82) is 0 Å². The summed E-state index contributed by atoms with van der Waals surface area (Å²) in [5.74, 6) is 0. The Kier molecular flexibility index (Phi) is 5.00. The van der Waals surface area contributed by atoms with Crippen molar-refractivity contribution in [3.63, 3.8) is 0 Å². The van der Waals surface area contributed by atoms with Gasteiger partial charge in [0.25, 0.3) is 0 Å². The molecule has 0 saturated heterocycles. The van der Waals surface area contributed by atoms with Gasteiger partial charge in [-0.1, -0.05) is 35.3 Å². The summed E-state index contributed by atoms with van der Waals surface area (Å²) in [5, 5.41) is 4.76. The van der Waals surface area contributed by atoms with Crippen molar-refractivity contribution < 1.29 is 0 Å². The minimum atomic E-state index is 0.673. The predicted octanol–water partition coefficient (Wildman–Crippen LogP) is 3.72. The number of halogens is 2. The molecule has 2 nitrogen and oxygen atoms in total. The first-order valence-electron chi connectivity index (χ1n) is 5.79. The van der Waals surface area contributed by atoms with Crippen LogP contribution in [-0.4, -0.2) is 11.5 Å². The zero-order chi connectivity index (χ0) is 12.8. The Morgan fingerprint density at radius 1 is 1.17 bits per heavy atom. The molecule has 2 aromatic rings. The van der Waals surface area contributed by atoms with Gasteiger partial charge < -0.3 is 5.32 Å². The fraction of sp³-hybridized carbons (Fsp3) is 0.214. The first-order chi connectivity index (χ1) is 8.75. The first kappa shape index (κ1) is 13.3. The number of hydrogen-bond acceptors (Lipinski definition) is 2. The second kappa shape index (κ2) is 6.74. The van der Waals surface area contributed by atoms with Gasteiger partial charge in [-0.15, -0.1) is 0 Å². The summed E-state index contributed by atoms with van der Waals surface area (Å²) in [7, 11) is 0. The van der Waals surface area contributed by atoms with Gasteiger partial charge in [0.1, 0.15) is 0 Å². The third-order valence-corrected chi connectivity index (χ3v) is 3.23. The fourth-order valence-corrected chi connectivity index (χ4v) is 2.19. The van der Waals surface area contributed by atoms with E-state index >= 15 is 0 Å². The molecule has 1 aromatic heterocycles. The van der Waals surface area contributed by atoms with E-state index in [1.54, 1.807) is 12.3 Å².